The van der Waals surface area contributed by atoms with Gasteiger partial charge in [-0.25, -0.2) is 0 Å². The molecule has 80 valence electrons. The lowest BCUT2D eigenvalue weighted by molar-refractivity contribution is 0.128. The average Bonchev–Trinajstić information content (AvgIpc) is 2.10. The summed E-state index contributed by atoms with van der Waals surface area (Å²) in [5.41, 5.74) is 6.01. The fraction of sp³-hybridized carbons (Fsp3) is 1.00. The highest BCUT2D eigenvalue weighted by molar-refractivity contribution is 4.84. The standard InChI is InChI=1S/C10H23NO2/c1-9(5-7-12-3)10(2,11)6-8-13-4/h9H,5-8,11H2,1-4H3. The summed E-state index contributed by atoms with van der Waals surface area (Å²) < 4.78 is 10.0. The molecule has 0 heterocycles. The monoisotopic (exact) mass is 189 g/mol. The van der Waals surface area contributed by atoms with Gasteiger partial charge in [0.15, 0.2) is 0 Å². The normalized spacial score (nSPS) is 18.2. The van der Waals surface area contributed by atoms with E-state index in [1.807, 2.05) is 0 Å². The van der Waals surface area contributed by atoms with Crippen molar-refractivity contribution in [3.8, 4) is 0 Å². The van der Waals surface area contributed by atoms with Crippen molar-refractivity contribution in [2.24, 2.45) is 11.7 Å². The first-order valence-electron chi connectivity index (χ1n) is 4.81. The van der Waals surface area contributed by atoms with Crippen LogP contribution in [-0.2, 0) is 9.47 Å². The first-order valence-corrected chi connectivity index (χ1v) is 4.81. The molecular formula is C10H23NO2. The van der Waals surface area contributed by atoms with Crippen LogP contribution >= 0.6 is 0 Å². The van der Waals surface area contributed by atoms with E-state index in [4.69, 9.17) is 15.2 Å². The Bertz CT molecular complexity index is 126. The van der Waals surface area contributed by atoms with Crippen molar-refractivity contribution >= 4 is 0 Å². The van der Waals surface area contributed by atoms with Crippen LogP contribution in [0, 0.1) is 5.92 Å². The van der Waals surface area contributed by atoms with Gasteiger partial charge < -0.3 is 15.2 Å². The van der Waals surface area contributed by atoms with Gasteiger partial charge in [-0.05, 0) is 25.7 Å². The van der Waals surface area contributed by atoms with Crippen LogP contribution in [0.5, 0.6) is 0 Å². The fourth-order valence-electron chi connectivity index (χ4n) is 1.19. The largest absolute Gasteiger partial charge is 0.385 e. The van der Waals surface area contributed by atoms with Crippen LogP contribution in [0.3, 0.4) is 0 Å². The van der Waals surface area contributed by atoms with Crippen LogP contribution < -0.4 is 5.73 Å². The van der Waals surface area contributed by atoms with E-state index in [1.54, 1.807) is 14.2 Å². The molecule has 0 aromatic rings. The third kappa shape index (κ3) is 5.24. The molecule has 0 aromatic heterocycles. The van der Waals surface area contributed by atoms with Crippen molar-refractivity contribution in [2.45, 2.75) is 32.2 Å². The molecule has 2 unspecified atom stereocenters. The first kappa shape index (κ1) is 12.9. The van der Waals surface area contributed by atoms with E-state index in [2.05, 4.69) is 13.8 Å². The SMILES string of the molecule is COCCC(C)C(C)(N)CCOC. The molecule has 3 nitrogen and oxygen atoms in total. The molecule has 2 atom stereocenters. The summed E-state index contributed by atoms with van der Waals surface area (Å²) in [6, 6.07) is 0. The molecule has 0 spiro atoms. The van der Waals surface area contributed by atoms with Gasteiger partial charge in [0.2, 0.25) is 0 Å². The Morgan fingerprint density at radius 1 is 1.23 bits per heavy atom. The van der Waals surface area contributed by atoms with Gasteiger partial charge >= 0.3 is 0 Å². The van der Waals surface area contributed by atoms with Crippen molar-refractivity contribution in [2.75, 3.05) is 27.4 Å². The molecule has 0 saturated heterocycles. The zero-order valence-electron chi connectivity index (χ0n) is 9.30. The highest BCUT2D eigenvalue weighted by Crippen LogP contribution is 2.21. The lowest BCUT2D eigenvalue weighted by atomic mass is 9.83. The molecule has 0 amide bonds. The Kier molecular flexibility index (Phi) is 6.29. The predicted molar refractivity (Wildman–Crippen MR) is 54.7 cm³/mol. The van der Waals surface area contributed by atoms with E-state index >= 15 is 0 Å². The summed E-state index contributed by atoms with van der Waals surface area (Å²) in [5.74, 6) is 0.461. The summed E-state index contributed by atoms with van der Waals surface area (Å²) in [6.07, 6.45) is 1.90. The molecule has 13 heavy (non-hydrogen) atoms. The highest BCUT2D eigenvalue weighted by Gasteiger charge is 2.25. The number of nitrogens with two attached hydrogens (primary N) is 1. The van der Waals surface area contributed by atoms with E-state index < -0.39 is 0 Å². The minimum atomic E-state index is -0.144. The molecule has 0 fully saturated rings. The quantitative estimate of drug-likeness (QED) is 0.658. The van der Waals surface area contributed by atoms with E-state index in [-0.39, 0.29) is 5.54 Å². The second kappa shape index (κ2) is 6.35. The Morgan fingerprint density at radius 3 is 2.23 bits per heavy atom. The number of methoxy groups -OCH3 is 2. The van der Waals surface area contributed by atoms with Gasteiger partial charge in [-0.15, -0.1) is 0 Å². The van der Waals surface area contributed by atoms with Crippen molar-refractivity contribution < 1.29 is 9.47 Å². The maximum atomic E-state index is 6.15. The van der Waals surface area contributed by atoms with Crippen molar-refractivity contribution in [3.05, 3.63) is 0 Å². The lowest BCUT2D eigenvalue weighted by Gasteiger charge is -2.31. The lowest BCUT2D eigenvalue weighted by Crippen LogP contribution is -2.44. The molecule has 0 aliphatic heterocycles. The van der Waals surface area contributed by atoms with Crippen LogP contribution in [-0.4, -0.2) is 33.0 Å². The Balaban J connectivity index is 3.80. The van der Waals surface area contributed by atoms with Crippen molar-refractivity contribution in [1.82, 2.24) is 0 Å². The molecule has 0 aliphatic carbocycles. The van der Waals surface area contributed by atoms with Crippen LogP contribution in [0.25, 0.3) is 0 Å². The van der Waals surface area contributed by atoms with Crippen LogP contribution in [0.15, 0.2) is 0 Å². The van der Waals surface area contributed by atoms with Crippen LogP contribution in [0.1, 0.15) is 26.7 Å². The summed E-state index contributed by atoms with van der Waals surface area (Å²) in [7, 11) is 3.42. The number of rotatable bonds is 7. The van der Waals surface area contributed by atoms with E-state index in [1.165, 1.54) is 0 Å². The van der Waals surface area contributed by atoms with Crippen molar-refractivity contribution in [1.29, 1.82) is 0 Å². The highest BCUT2D eigenvalue weighted by atomic mass is 16.5. The second-order valence-electron chi connectivity index (χ2n) is 3.93. The number of hydrogen-bond acceptors (Lipinski definition) is 3. The Labute approximate surface area is 81.6 Å². The van der Waals surface area contributed by atoms with Crippen molar-refractivity contribution in [3.63, 3.8) is 0 Å². The van der Waals surface area contributed by atoms with Gasteiger partial charge in [0, 0.05) is 33.0 Å². The van der Waals surface area contributed by atoms with E-state index in [9.17, 15) is 0 Å². The molecule has 0 radical (unpaired) electrons. The van der Waals surface area contributed by atoms with Gasteiger partial charge in [0.1, 0.15) is 0 Å². The minimum Gasteiger partial charge on any atom is -0.385 e. The third-order valence-corrected chi connectivity index (χ3v) is 2.73. The molecule has 0 aromatic carbocycles. The fourth-order valence-corrected chi connectivity index (χ4v) is 1.19. The second-order valence-corrected chi connectivity index (χ2v) is 3.93. The summed E-state index contributed by atoms with van der Waals surface area (Å²) in [5, 5.41) is 0. The predicted octanol–water partition coefficient (Wildman–Crippen LogP) is 1.41. The Hall–Kier alpha value is -0.120. The van der Waals surface area contributed by atoms with E-state index in [0.29, 0.717) is 5.92 Å². The molecule has 0 bridgehead atoms. The minimum absolute atomic E-state index is 0.144. The van der Waals surface area contributed by atoms with Gasteiger partial charge in [0.25, 0.3) is 0 Å². The molecule has 3 heteroatoms. The topological polar surface area (TPSA) is 44.5 Å². The molecule has 0 rings (SSSR count). The molecule has 0 aliphatic rings. The summed E-state index contributed by atoms with van der Waals surface area (Å²) in [4.78, 5) is 0. The molecule has 0 saturated carbocycles. The Morgan fingerprint density at radius 2 is 1.77 bits per heavy atom. The maximum Gasteiger partial charge on any atom is 0.0479 e. The van der Waals surface area contributed by atoms with Crippen LogP contribution in [0.4, 0.5) is 0 Å². The maximum absolute atomic E-state index is 6.15. The van der Waals surface area contributed by atoms with Gasteiger partial charge in [-0.2, -0.15) is 0 Å². The molecule has 2 N–H and O–H groups in total. The third-order valence-electron chi connectivity index (χ3n) is 2.73. The zero-order valence-corrected chi connectivity index (χ0v) is 9.30. The summed E-state index contributed by atoms with van der Waals surface area (Å²) >= 11 is 0. The smallest absolute Gasteiger partial charge is 0.0479 e. The summed E-state index contributed by atoms with van der Waals surface area (Å²) in [6.45, 7) is 5.74. The van der Waals surface area contributed by atoms with E-state index in [0.717, 1.165) is 26.1 Å². The number of hydrogen-bond donors (Lipinski definition) is 1. The molecular weight excluding hydrogens is 166 g/mol. The van der Waals surface area contributed by atoms with Gasteiger partial charge in [0.05, 0.1) is 0 Å². The van der Waals surface area contributed by atoms with Gasteiger partial charge in [-0.3, -0.25) is 0 Å². The average molecular weight is 189 g/mol. The van der Waals surface area contributed by atoms with Gasteiger partial charge in [-0.1, -0.05) is 6.92 Å². The number of ether oxygens (including phenoxy) is 2. The van der Waals surface area contributed by atoms with Crippen LogP contribution in [0.2, 0.25) is 0 Å². The zero-order chi connectivity index (χ0) is 10.3. The first-order chi connectivity index (χ1) is 6.04.